The lowest BCUT2D eigenvalue weighted by molar-refractivity contribution is -0.0175. The molecular weight excluding hydrogens is 677 g/mol. The number of hydrogen-bond donors (Lipinski definition) is 1. The molecule has 222 valence electrons. The van der Waals surface area contributed by atoms with Gasteiger partial charge in [0.15, 0.2) is 0 Å². The molecule has 7 nitrogen and oxygen atoms in total. The van der Waals surface area contributed by atoms with Crippen LogP contribution in [0.2, 0.25) is 0 Å². The molecule has 1 saturated heterocycles. The van der Waals surface area contributed by atoms with Crippen LogP contribution in [0.1, 0.15) is 16.7 Å². The average molecular weight is 708 g/mol. The third kappa shape index (κ3) is 7.41. The Morgan fingerprint density at radius 3 is 2.24 bits per heavy atom. The van der Waals surface area contributed by atoms with E-state index in [0.29, 0.717) is 6.54 Å². The maximum atomic E-state index is 14.8. The van der Waals surface area contributed by atoms with Crippen LogP contribution in [0.15, 0.2) is 76.2 Å². The maximum absolute atomic E-state index is 14.8. The van der Waals surface area contributed by atoms with E-state index in [9.17, 15) is 18.3 Å². The van der Waals surface area contributed by atoms with Gasteiger partial charge in [-0.15, -0.1) is 0 Å². The molecule has 3 aromatic carbocycles. The number of benzene rings is 3. The minimum Gasteiger partial charge on any atom is -0.382 e. The number of rotatable bonds is 10. The van der Waals surface area contributed by atoms with Gasteiger partial charge in [-0.25, -0.2) is 22.8 Å². The van der Waals surface area contributed by atoms with Gasteiger partial charge in [-0.05, 0) is 48.5 Å². The summed E-state index contributed by atoms with van der Waals surface area (Å²) in [5.41, 5.74) is 1.53. The van der Waals surface area contributed by atoms with Gasteiger partial charge in [0.2, 0.25) is 0 Å². The van der Waals surface area contributed by atoms with Crippen LogP contribution in [0.4, 0.5) is 18.9 Å². The number of nitrogens with zero attached hydrogens (tertiary/aromatic N) is 6. The van der Waals surface area contributed by atoms with E-state index in [2.05, 4.69) is 76.0 Å². The highest BCUT2D eigenvalue weighted by Crippen LogP contribution is 2.30. The van der Waals surface area contributed by atoms with E-state index in [1.165, 1.54) is 35.5 Å². The Hall–Kier alpha value is -2.77. The molecule has 1 unspecified atom stereocenters. The zero-order valence-corrected chi connectivity index (χ0v) is 26.2. The van der Waals surface area contributed by atoms with Gasteiger partial charge in [0.05, 0.1) is 6.54 Å². The van der Waals surface area contributed by atoms with E-state index < -0.39 is 17.2 Å². The number of hydrogen-bond acceptors (Lipinski definition) is 6. The lowest BCUT2D eigenvalue weighted by Crippen LogP contribution is -2.46. The van der Waals surface area contributed by atoms with E-state index in [0.717, 1.165) is 70.6 Å². The van der Waals surface area contributed by atoms with Crippen molar-refractivity contribution in [1.82, 2.24) is 24.6 Å². The number of piperazine rings is 1. The highest BCUT2D eigenvalue weighted by atomic mass is 79.9. The van der Waals surface area contributed by atoms with Crippen LogP contribution in [-0.4, -0.2) is 69.4 Å². The Labute approximate surface area is 259 Å². The molecule has 1 aliphatic rings. The van der Waals surface area contributed by atoms with Crippen molar-refractivity contribution >= 4 is 37.5 Å². The minimum absolute atomic E-state index is 0.000107. The number of halogens is 5. The summed E-state index contributed by atoms with van der Waals surface area (Å²) in [7, 11) is 1.85. The second kappa shape index (κ2) is 13.3. The normalized spacial score (nSPS) is 15.8. The Kier molecular flexibility index (Phi) is 9.68. The van der Waals surface area contributed by atoms with Crippen molar-refractivity contribution in [3.63, 3.8) is 0 Å². The van der Waals surface area contributed by atoms with Gasteiger partial charge in [0.1, 0.15) is 35.7 Å². The molecule has 0 aliphatic carbocycles. The minimum atomic E-state index is -1.67. The average Bonchev–Trinajstić information content (AvgIpc) is 3.44. The van der Waals surface area contributed by atoms with Crippen LogP contribution in [0.5, 0.6) is 0 Å². The quantitative estimate of drug-likeness (QED) is 0.233. The number of anilines is 1. The van der Waals surface area contributed by atoms with E-state index in [1.807, 2.05) is 11.9 Å². The first kappa shape index (κ1) is 30.7. The van der Waals surface area contributed by atoms with Crippen LogP contribution in [0.25, 0.3) is 0 Å². The van der Waals surface area contributed by atoms with E-state index >= 15 is 0 Å². The number of aromatic nitrogens is 3. The van der Waals surface area contributed by atoms with Crippen LogP contribution < -0.4 is 4.90 Å². The second-order valence-corrected chi connectivity index (χ2v) is 12.4. The summed E-state index contributed by atoms with van der Waals surface area (Å²) in [6.07, 6.45) is 2.79. The molecule has 1 N–H and O–H groups in total. The van der Waals surface area contributed by atoms with Crippen molar-refractivity contribution in [1.29, 1.82) is 0 Å². The molecule has 42 heavy (non-hydrogen) atoms. The Morgan fingerprint density at radius 2 is 1.62 bits per heavy atom. The molecular formula is C30H31Br2F3N6O. The van der Waals surface area contributed by atoms with E-state index in [4.69, 9.17) is 0 Å². The molecule has 1 fully saturated rings. The highest BCUT2D eigenvalue weighted by Gasteiger charge is 2.35. The zero-order chi connectivity index (χ0) is 29.9. The molecule has 5 rings (SSSR count). The largest absolute Gasteiger partial charge is 0.382 e. The molecule has 0 spiro atoms. The molecule has 2 heterocycles. The first-order valence-electron chi connectivity index (χ1n) is 13.5. The van der Waals surface area contributed by atoms with Crippen LogP contribution >= 0.6 is 31.9 Å². The monoisotopic (exact) mass is 706 g/mol. The predicted molar refractivity (Wildman–Crippen MR) is 162 cm³/mol. The zero-order valence-electron chi connectivity index (χ0n) is 23.0. The van der Waals surface area contributed by atoms with Gasteiger partial charge in [0.25, 0.3) is 0 Å². The van der Waals surface area contributed by atoms with Gasteiger partial charge in [-0.3, -0.25) is 9.80 Å². The summed E-state index contributed by atoms with van der Waals surface area (Å²) >= 11 is 6.96. The van der Waals surface area contributed by atoms with Crippen molar-refractivity contribution < 1.29 is 18.3 Å². The summed E-state index contributed by atoms with van der Waals surface area (Å²) in [5.74, 6) is -1.79. The number of likely N-dealkylation sites (N-methyl/N-ethyl adjacent to an activating group) is 1. The molecule has 12 heteroatoms. The van der Waals surface area contributed by atoms with Gasteiger partial charge in [-0.2, -0.15) is 5.10 Å². The standard InChI is InChI=1S/C30H31Br2F3N6O/c1-38(17-30(42,18-41-20-36-19-37-41)26-7-4-22(33)14-29(26)35)15-21-2-5-24(6-3-21)40-10-8-39(9-11-40)16-25-27(31)12-23(34)13-28(25)32/h2-7,12-14,19-20,42H,8-11,15-18H2,1H3. The summed E-state index contributed by atoms with van der Waals surface area (Å²) in [4.78, 5) is 10.5. The summed E-state index contributed by atoms with van der Waals surface area (Å²) < 4.78 is 45.0. The van der Waals surface area contributed by atoms with Gasteiger partial charge in [-0.1, -0.05) is 50.1 Å². The molecule has 0 bridgehead atoms. The van der Waals surface area contributed by atoms with Crippen LogP contribution in [-0.2, 0) is 25.2 Å². The lowest BCUT2D eigenvalue weighted by atomic mass is 9.92. The Balaban J connectivity index is 1.19. The van der Waals surface area contributed by atoms with Gasteiger partial charge in [0, 0.05) is 72.1 Å². The van der Waals surface area contributed by atoms with Crippen molar-refractivity contribution in [2.45, 2.75) is 25.2 Å². The predicted octanol–water partition coefficient (Wildman–Crippen LogP) is 5.56. The third-order valence-corrected chi connectivity index (χ3v) is 8.88. The molecule has 1 aromatic heterocycles. The molecule has 4 aromatic rings. The fourth-order valence-electron chi connectivity index (χ4n) is 5.41. The summed E-state index contributed by atoms with van der Waals surface area (Å²) in [5, 5.41) is 15.7. The van der Waals surface area contributed by atoms with Crippen molar-refractivity contribution in [3.05, 3.63) is 110 Å². The van der Waals surface area contributed by atoms with Crippen molar-refractivity contribution in [2.24, 2.45) is 0 Å². The molecule has 0 saturated carbocycles. The summed E-state index contributed by atoms with van der Waals surface area (Å²) in [6.45, 7) is 4.78. The van der Waals surface area contributed by atoms with E-state index in [1.54, 1.807) is 0 Å². The Bertz CT molecular complexity index is 1480. The number of aliphatic hydroxyl groups is 1. The summed E-state index contributed by atoms with van der Waals surface area (Å²) in [6, 6.07) is 14.5. The van der Waals surface area contributed by atoms with Crippen molar-refractivity contribution in [2.75, 3.05) is 44.7 Å². The maximum Gasteiger partial charge on any atom is 0.137 e. The highest BCUT2D eigenvalue weighted by molar-refractivity contribution is 9.11. The second-order valence-electron chi connectivity index (χ2n) is 10.7. The lowest BCUT2D eigenvalue weighted by Gasteiger charge is -2.36. The molecule has 1 atom stereocenters. The SMILES string of the molecule is CN(Cc1ccc(N2CCN(Cc3c(Br)cc(F)cc3Br)CC2)cc1)CC(O)(Cn1cncn1)c1ccc(F)cc1F. The van der Waals surface area contributed by atoms with E-state index in [-0.39, 0.29) is 24.5 Å². The Morgan fingerprint density at radius 1 is 0.929 bits per heavy atom. The first-order valence-corrected chi connectivity index (χ1v) is 15.1. The fraction of sp³-hybridized carbons (Fsp3) is 0.333. The molecule has 0 amide bonds. The van der Waals surface area contributed by atoms with Crippen LogP contribution in [0.3, 0.4) is 0 Å². The third-order valence-electron chi connectivity index (χ3n) is 7.47. The fourth-order valence-corrected chi connectivity index (χ4v) is 6.79. The van der Waals surface area contributed by atoms with Crippen LogP contribution in [0, 0.1) is 17.5 Å². The first-order chi connectivity index (χ1) is 20.1. The van der Waals surface area contributed by atoms with Gasteiger partial charge < -0.3 is 10.0 Å². The topological polar surface area (TPSA) is 60.7 Å². The smallest absolute Gasteiger partial charge is 0.137 e. The van der Waals surface area contributed by atoms with Crippen molar-refractivity contribution in [3.8, 4) is 0 Å². The van der Waals surface area contributed by atoms with Gasteiger partial charge >= 0.3 is 0 Å². The molecule has 0 radical (unpaired) electrons. The molecule has 1 aliphatic heterocycles.